The maximum atomic E-state index is 13.6. The van der Waals surface area contributed by atoms with Crippen molar-refractivity contribution in [3.63, 3.8) is 0 Å². The van der Waals surface area contributed by atoms with Crippen molar-refractivity contribution in [3.05, 3.63) is 82.8 Å². The second-order valence-electron chi connectivity index (χ2n) is 5.73. The Morgan fingerprint density at radius 3 is 2.57 bits per heavy atom. The lowest BCUT2D eigenvalue weighted by Gasteiger charge is -2.12. The summed E-state index contributed by atoms with van der Waals surface area (Å²) in [5.41, 5.74) is 0.693. The van der Waals surface area contributed by atoms with Crippen LogP contribution in [0.4, 0.5) is 19.3 Å². The Hall–Kier alpha value is -3.26. The highest BCUT2D eigenvalue weighted by Gasteiger charge is 2.36. The van der Waals surface area contributed by atoms with E-state index in [4.69, 9.17) is 0 Å². The Bertz CT molecular complexity index is 990. The lowest BCUT2D eigenvalue weighted by molar-refractivity contribution is -0.127. The van der Waals surface area contributed by atoms with Gasteiger partial charge in [0.1, 0.15) is 18.2 Å². The molecule has 0 atom stereocenters. The molecule has 0 radical (unpaired) electrons. The number of allylic oxidation sites excluding steroid dienone is 2. The average Bonchev–Trinajstić information content (AvgIpc) is 2.92. The summed E-state index contributed by atoms with van der Waals surface area (Å²) in [5, 5.41) is 1.62. The number of imide groups is 1. The van der Waals surface area contributed by atoms with Gasteiger partial charge in [-0.3, -0.25) is 19.3 Å². The molecule has 28 heavy (non-hydrogen) atoms. The number of carbonyl (C=O) groups excluding carboxylic acids is 3. The zero-order valence-electron chi connectivity index (χ0n) is 14.4. The quantitative estimate of drug-likeness (QED) is 0.764. The maximum Gasteiger partial charge on any atom is 0.294 e. The first-order valence-electron chi connectivity index (χ1n) is 8.16. The number of rotatable bonds is 5. The van der Waals surface area contributed by atoms with Crippen LogP contribution in [0, 0.1) is 11.6 Å². The van der Waals surface area contributed by atoms with Gasteiger partial charge in [0.2, 0.25) is 5.91 Å². The van der Waals surface area contributed by atoms with Gasteiger partial charge in [-0.2, -0.15) is 0 Å². The fourth-order valence-electron chi connectivity index (χ4n) is 2.39. The van der Waals surface area contributed by atoms with E-state index in [1.165, 1.54) is 6.08 Å². The summed E-state index contributed by atoms with van der Waals surface area (Å²) in [6.45, 7) is -0.568. The normalized spacial score (nSPS) is 15.6. The van der Waals surface area contributed by atoms with Crippen molar-refractivity contribution in [2.45, 2.75) is 0 Å². The fourth-order valence-corrected chi connectivity index (χ4v) is 3.18. The number of halogens is 2. The lowest BCUT2D eigenvalue weighted by atomic mass is 10.2. The zero-order chi connectivity index (χ0) is 20.1. The summed E-state index contributed by atoms with van der Waals surface area (Å²) in [6.07, 6.45) is 4.91. The summed E-state index contributed by atoms with van der Waals surface area (Å²) in [6, 6.07) is 12.1. The number of benzene rings is 2. The number of hydrogen-bond donors (Lipinski definition) is 1. The predicted octanol–water partition coefficient (Wildman–Crippen LogP) is 4.20. The first-order chi connectivity index (χ1) is 13.4. The van der Waals surface area contributed by atoms with Crippen LogP contribution in [0.3, 0.4) is 0 Å². The molecule has 0 bridgehead atoms. The summed E-state index contributed by atoms with van der Waals surface area (Å²) >= 11 is 0.714. The summed E-state index contributed by atoms with van der Waals surface area (Å²) in [4.78, 5) is 37.4. The smallest absolute Gasteiger partial charge is 0.294 e. The number of nitrogens with one attached hydrogen (secondary N) is 1. The number of amides is 3. The number of carbonyl (C=O) groups is 3. The summed E-state index contributed by atoms with van der Waals surface area (Å²) in [7, 11) is 0. The first-order valence-corrected chi connectivity index (χ1v) is 8.97. The van der Waals surface area contributed by atoms with Gasteiger partial charge in [-0.15, -0.1) is 0 Å². The molecule has 1 aliphatic heterocycles. The van der Waals surface area contributed by atoms with Crippen molar-refractivity contribution in [2.75, 3.05) is 11.9 Å². The highest BCUT2D eigenvalue weighted by Crippen LogP contribution is 2.30. The first kappa shape index (κ1) is 19.5. The molecule has 5 nitrogen and oxygen atoms in total. The lowest BCUT2D eigenvalue weighted by Crippen LogP contribution is -2.36. The van der Waals surface area contributed by atoms with Gasteiger partial charge in [0.05, 0.1) is 10.6 Å². The predicted molar refractivity (Wildman–Crippen MR) is 103 cm³/mol. The van der Waals surface area contributed by atoms with Crippen LogP contribution >= 0.6 is 11.8 Å². The second kappa shape index (κ2) is 8.62. The van der Waals surface area contributed by atoms with Gasteiger partial charge in [-0.25, -0.2) is 8.78 Å². The standard InChI is InChI=1S/C20H14F2N2O3S/c21-14-9-10-16(15(22)11-14)23-18(25)12-24-19(26)17(28-20(24)27)8-4-7-13-5-2-1-3-6-13/h1-11H,12H2,(H,23,25)/b7-4-,17-8+. The largest absolute Gasteiger partial charge is 0.322 e. The van der Waals surface area contributed by atoms with Crippen LogP contribution in [0.1, 0.15) is 5.56 Å². The molecule has 0 spiro atoms. The second-order valence-corrected chi connectivity index (χ2v) is 6.73. The minimum absolute atomic E-state index is 0.179. The Labute approximate surface area is 163 Å². The van der Waals surface area contributed by atoms with Gasteiger partial charge in [-0.1, -0.05) is 42.5 Å². The minimum Gasteiger partial charge on any atom is -0.322 e. The molecule has 1 heterocycles. The van der Waals surface area contributed by atoms with Crippen LogP contribution < -0.4 is 5.32 Å². The van der Waals surface area contributed by atoms with Crippen molar-refractivity contribution >= 4 is 40.6 Å². The molecular formula is C20H14F2N2O3S. The van der Waals surface area contributed by atoms with Gasteiger partial charge >= 0.3 is 0 Å². The monoisotopic (exact) mass is 400 g/mol. The van der Waals surface area contributed by atoms with E-state index in [0.29, 0.717) is 17.8 Å². The van der Waals surface area contributed by atoms with Crippen molar-refractivity contribution < 1.29 is 23.2 Å². The average molecular weight is 400 g/mol. The van der Waals surface area contributed by atoms with E-state index in [1.54, 1.807) is 12.2 Å². The SMILES string of the molecule is O=C(CN1C(=O)S/C(=C/C=C\c2ccccc2)C1=O)Nc1ccc(F)cc1F. The highest BCUT2D eigenvalue weighted by molar-refractivity contribution is 8.18. The van der Waals surface area contributed by atoms with Crippen LogP contribution in [0.5, 0.6) is 0 Å². The van der Waals surface area contributed by atoms with E-state index in [1.807, 2.05) is 30.3 Å². The van der Waals surface area contributed by atoms with Crippen LogP contribution in [-0.4, -0.2) is 28.5 Å². The van der Waals surface area contributed by atoms with Crippen molar-refractivity contribution in [1.82, 2.24) is 4.90 Å². The van der Waals surface area contributed by atoms with E-state index >= 15 is 0 Å². The third-order valence-electron chi connectivity index (χ3n) is 3.72. The van der Waals surface area contributed by atoms with Crippen LogP contribution in [0.2, 0.25) is 0 Å². The molecule has 8 heteroatoms. The third kappa shape index (κ3) is 4.72. The molecule has 0 aromatic heterocycles. The molecule has 1 N–H and O–H groups in total. The molecule has 0 unspecified atom stereocenters. The molecule has 3 amide bonds. The molecule has 3 rings (SSSR count). The van der Waals surface area contributed by atoms with Gasteiger partial charge < -0.3 is 5.32 Å². The van der Waals surface area contributed by atoms with E-state index in [0.717, 1.165) is 22.6 Å². The van der Waals surface area contributed by atoms with E-state index in [-0.39, 0.29) is 10.6 Å². The molecule has 0 saturated carbocycles. The maximum absolute atomic E-state index is 13.6. The Balaban J connectivity index is 1.64. The highest BCUT2D eigenvalue weighted by atomic mass is 32.2. The summed E-state index contributed by atoms with van der Waals surface area (Å²) in [5.74, 6) is -3.11. The number of nitrogens with zero attached hydrogens (tertiary/aromatic N) is 1. The molecule has 2 aromatic rings. The van der Waals surface area contributed by atoms with E-state index < -0.39 is 35.2 Å². The molecular weight excluding hydrogens is 386 g/mol. The van der Waals surface area contributed by atoms with Gasteiger partial charge in [0.15, 0.2) is 0 Å². The Morgan fingerprint density at radius 2 is 1.86 bits per heavy atom. The third-order valence-corrected chi connectivity index (χ3v) is 4.64. The van der Waals surface area contributed by atoms with Crippen LogP contribution in [0.15, 0.2) is 65.6 Å². The van der Waals surface area contributed by atoms with E-state index in [2.05, 4.69) is 5.32 Å². The molecule has 2 aromatic carbocycles. The van der Waals surface area contributed by atoms with Crippen molar-refractivity contribution in [3.8, 4) is 0 Å². The van der Waals surface area contributed by atoms with Crippen molar-refractivity contribution in [2.24, 2.45) is 0 Å². The van der Waals surface area contributed by atoms with Gasteiger partial charge in [0.25, 0.3) is 11.1 Å². The number of hydrogen-bond acceptors (Lipinski definition) is 4. The molecule has 0 aliphatic carbocycles. The number of anilines is 1. The topological polar surface area (TPSA) is 66.5 Å². The Morgan fingerprint density at radius 1 is 1.11 bits per heavy atom. The van der Waals surface area contributed by atoms with Crippen LogP contribution in [-0.2, 0) is 9.59 Å². The minimum atomic E-state index is -0.951. The zero-order valence-corrected chi connectivity index (χ0v) is 15.2. The van der Waals surface area contributed by atoms with Gasteiger partial charge in [0, 0.05) is 6.07 Å². The molecule has 1 fully saturated rings. The summed E-state index contributed by atoms with van der Waals surface area (Å²) < 4.78 is 26.5. The van der Waals surface area contributed by atoms with Crippen molar-refractivity contribution in [1.29, 1.82) is 0 Å². The van der Waals surface area contributed by atoms with Crippen LogP contribution in [0.25, 0.3) is 6.08 Å². The van der Waals surface area contributed by atoms with E-state index in [9.17, 15) is 23.2 Å². The molecule has 1 aliphatic rings. The molecule has 1 saturated heterocycles. The molecule has 142 valence electrons. The number of thioether (sulfide) groups is 1. The Kier molecular flexibility index (Phi) is 6.00. The fraction of sp³-hybridized carbons (Fsp3) is 0.0500. The van der Waals surface area contributed by atoms with Gasteiger partial charge in [-0.05, 0) is 35.5 Å².